The minimum Gasteiger partial charge on any atom is -0.543 e. The Balaban J connectivity index is 2.39. The van der Waals surface area contributed by atoms with Gasteiger partial charge in [0.25, 0.3) is 0 Å². The molecule has 0 aliphatic carbocycles. The molecule has 2 aromatic carbocycles. The lowest BCUT2D eigenvalue weighted by Gasteiger charge is -2.36. The molecule has 7 heteroatoms. The predicted octanol–water partition coefficient (Wildman–Crippen LogP) is 5.57. The molecule has 0 N–H and O–H groups in total. The number of benzene rings is 2. The first-order valence-corrected chi connectivity index (χ1v) is 12.8. The van der Waals surface area contributed by atoms with Gasteiger partial charge in [-0.3, -0.25) is 0 Å². The molecule has 0 heterocycles. The summed E-state index contributed by atoms with van der Waals surface area (Å²) in [6.45, 7) is 10.6. The van der Waals surface area contributed by atoms with Gasteiger partial charge in [-0.25, -0.2) is 9.18 Å². The fourth-order valence-corrected chi connectivity index (χ4v) is 3.84. The Labute approximate surface area is 179 Å². The van der Waals surface area contributed by atoms with E-state index >= 15 is 4.39 Å². The molecule has 0 unspecified atom stereocenters. The fourth-order valence-electron chi connectivity index (χ4n) is 2.81. The third-order valence-electron chi connectivity index (χ3n) is 5.74. The van der Waals surface area contributed by atoms with Gasteiger partial charge in [-0.05, 0) is 54.5 Å². The fraction of sp³-hybridized carbons (Fsp3) is 0.435. The van der Waals surface area contributed by atoms with E-state index in [-0.39, 0.29) is 10.6 Å². The van der Waals surface area contributed by atoms with Crippen LogP contribution in [0.4, 0.5) is 10.1 Å². The lowest BCUT2D eigenvalue weighted by atomic mass is 10.0. The van der Waals surface area contributed by atoms with Gasteiger partial charge in [0.1, 0.15) is 17.3 Å². The second-order valence-corrected chi connectivity index (χ2v) is 13.5. The molecule has 2 rings (SSSR count). The molecule has 0 saturated heterocycles. The van der Waals surface area contributed by atoms with E-state index in [0.29, 0.717) is 11.5 Å². The number of hydrogen-bond acceptors (Lipinski definition) is 5. The molecule has 164 valence electrons. The van der Waals surface area contributed by atoms with Gasteiger partial charge in [0.2, 0.25) is 8.32 Å². The Morgan fingerprint density at radius 2 is 1.60 bits per heavy atom. The molecule has 0 fully saturated rings. The highest BCUT2D eigenvalue weighted by Gasteiger charge is 2.39. The van der Waals surface area contributed by atoms with Crippen molar-refractivity contribution in [3.63, 3.8) is 0 Å². The predicted molar refractivity (Wildman–Crippen MR) is 120 cm³/mol. The molecule has 30 heavy (non-hydrogen) atoms. The molecule has 0 radical (unpaired) electrons. The largest absolute Gasteiger partial charge is 0.543 e. The summed E-state index contributed by atoms with van der Waals surface area (Å²) in [6.07, 6.45) is 0. The maximum Gasteiger partial charge on any atom is 0.333 e. The molecular formula is C23H32FNO4Si. The molecule has 0 aromatic heterocycles. The summed E-state index contributed by atoms with van der Waals surface area (Å²) in [6, 6.07) is 10.9. The first-order chi connectivity index (χ1) is 13.9. The van der Waals surface area contributed by atoms with E-state index in [1.165, 1.54) is 13.2 Å². The number of rotatable bonds is 7. The average Bonchev–Trinajstić information content (AvgIpc) is 2.68. The molecule has 0 bridgehead atoms. The van der Waals surface area contributed by atoms with Crippen molar-refractivity contribution in [1.29, 1.82) is 0 Å². The second-order valence-electron chi connectivity index (χ2n) is 8.78. The summed E-state index contributed by atoms with van der Waals surface area (Å²) < 4.78 is 31.5. The van der Waals surface area contributed by atoms with Crippen molar-refractivity contribution in [2.45, 2.75) is 44.9 Å². The highest BCUT2D eigenvalue weighted by Crippen LogP contribution is 2.38. The minimum absolute atomic E-state index is 0.00865. The van der Waals surface area contributed by atoms with Crippen molar-refractivity contribution in [2.24, 2.45) is 0 Å². The quantitative estimate of drug-likeness (QED) is 0.422. The Kier molecular flexibility index (Phi) is 7.18. The number of likely N-dealkylation sites (N-methyl/N-ethyl adjacent to an activating group) is 1. The lowest BCUT2D eigenvalue weighted by molar-refractivity contribution is -0.142. The van der Waals surface area contributed by atoms with Crippen LogP contribution in [-0.2, 0) is 9.53 Å². The number of methoxy groups -OCH3 is 2. The van der Waals surface area contributed by atoms with E-state index in [0.717, 1.165) is 5.69 Å². The Bertz CT molecular complexity index is 878. The van der Waals surface area contributed by atoms with Gasteiger partial charge in [0.15, 0.2) is 6.04 Å². The summed E-state index contributed by atoms with van der Waals surface area (Å²) in [5.41, 5.74) is 0.954. The third kappa shape index (κ3) is 5.13. The van der Waals surface area contributed by atoms with Gasteiger partial charge in [0, 0.05) is 24.4 Å². The van der Waals surface area contributed by atoms with Crippen LogP contribution in [0.3, 0.4) is 0 Å². The summed E-state index contributed by atoms with van der Waals surface area (Å²) in [5, 5.41) is -0.00865. The van der Waals surface area contributed by atoms with Crippen LogP contribution in [0.25, 0.3) is 0 Å². The van der Waals surface area contributed by atoms with Crippen LogP contribution in [0.2, 0.25) is 18.1 Å². The lowest BCUT2D eigenvalue weighted by Crippen LogP contribution is -2.43. The molecule has 0 aliphatic rings. The number of hydrogen-bond donors (Lipinski definition) is 0. The van der Waals surface area contributed by atoms with Crippen LogP contribution in [0, 0.1) is 5.82 Å². The SMILES string of the molecule is COC(=O)[C@H](c1ccc(O[Si](C)(C)C(C)(C)C)cc1F)N(C)c1ccc(OC)cc1. The zero-order valence-electron chi connectivity index (χ0n) is 19.1. The molecule has 1 atom stereocenters. The molecule has 0 spiro atoms. The number of carbonyl (C=O) groups excluding carboxylic acids is 1. The van der Waals surface area contributed by atoms with E-state index in [9.17, 15) is 4.79 Å². The van der Waals surface area contributed by atoms with Gasteiger partial charge in [-0.1, -0.05) is 20.8 Å². The van der Waals surface area contributed by atoms with Crippen LogP contribution in [0.1, 0.15) is 32.4 Å². The molecule has 2 aromatic rings. The molecule has 0 aliphatic heterocycles. The van der Waals surface area contributed by atoms with E-state index in [1.54, 1.807) is 43.3 Å². The third-order valence-corrected chi connectivity index (χ3v) is 10.1. The number of nitrogens with zero attached hydrogens (tertiary/aromatic N) is 1. The van der Waals surface area contributed by atoms with Crippen LogP contribution in [0.5, 0.6) is 11.5 Å². The van der Waals surface area contributed by atoms with Crippen LogP contribution in [0.15, 0.2) is 42.5 Å². The van der Waals surface area contributed by atoms with Crippen LogP contribution < -0.4 is 14.1 Å². The average molecular weight is 434 g/mol. The minimum atomic E-state index is -2.11. The first-order valence-electron chi connectivity index (χ1n) is 9.84. The maximum absolute atomic E-state index is 15.1. The molecule has 0 saturated carbocycles. The number of esters is 1. The summed E-state index contributed by atoms with van der Waals surface area (Å²) in [4.78, 5) is 14.2. The molecule has 5 nitrogen and oxygen atoms in total. The van der Waals surface area contributed by atoms with E-state index in [4.69, 9.17) is 13.9 Å². The summed E-state index contributed by atoms with van der Waals surface area (Å²) in [7, 11) is 2.50. The standard InChI is InChI=1S/C23H32FNO4Si/c1-23(2,3)30(7,8)29-18-13-14-19(20(24)15-18)21(22(26)28-6)25(4)16-9-11-17(27-5)12-10-16/h9-15,21H,1-8H3/t21-/m0/s1. The van der Waals surface area contributed by atoms with Crippen LogP contribution >= 0.6 is 0 Å². The highest BCUT2D eigenvalue weighted by atomic mass is 28.4. The van der Waals surface area contributed by atoms with E-state index in [2.05, 4.69) is 33.9 Å². The number of anilines is 1. The van der Waals surface area contributed by atoms with Crippen molar-refractivity contribution in [3.05, 3.63) is 53.8 Å². The van der Waals surface area contributed by atoms with Crippen molar-refractivity contribution in [3.8, 4) is 11.5 Å². The maximum atomic E-state index is 15.1. The van der Waals surface area contributed by atoms with Crippen LogP contribution in [-0.4, -0.2) is 35.6 Å². The monoisotopic (exact) mass is 433 g/mol. The van der Waals surface area contributed by atoms with Crippen molar-refractivity contribution in [1.82, 2.24) is 0 Å². The van der Waals surface area contributed by atoms with Crippen molar-refractivity contribution in [2.75, 3.05) is 26.2 Å². The van der Waals surface area contributed by atoms with Gasteiger partial charge < -0.3 is 18.8 Å². The molecular weight excluding hydrogens is 401 g/mol. The topological polar surface area (TPSA) is 48.0 Å². The normalized spacial score (nSPS) is 12.8. The number of ether oxygens (including phenoxy) is 2. The zero-order chi connectivity index (χ0) is 22.7. The Morgan fingerprint density at radius 1 is 1.03 bits per heavy atom. The Morgan fingerprint density at radius 3 is 2.07 bits per heavy atom. The first kappa shape index (κ1) is 23.7. The molecule has 0 amide bonds. The second kappa shape index (κ2) is 9.08. The smallest absolute Gasteiger partial charge is 0.333 e. The summed E-state index contributed by atoms with van der Waals surface area (Å²) in [5.74, 6) is 0.103. The number of carbonyl (C=O) groups is 1. The number of halogens is 1. The van der Waals surface area contributed by atoms with E-state index in [1.807, 2.05) is 12.1 Å². The van der Waals surface area contributed by atoms with Gasteiger partial charge in [-0.15, -0.1) is 0 Å². The van der Waals surface area contributed by atoms with Gasteiger partial charge in [-0.2, -0.15) is 0 Å². The zero-order valence-corrected chi connectivity index (χ0v) is 20.1. The highest BCUT2D eigenvalue weighted by molar-refractivity contribution is 6.74. The Hall–Kier alpha value is -2.54. The van der Waals surface area contributed by atoms with E-state index < -0.39 is 26.1 Å². The van der Waals surface area contributed by atoms with Crippen molar-refractivity contribution < 1.29 is 23.1 Å². The summed E-state index contributed by atoms with van der Waals surface area (Å²) >= 11 is 0. The van der Waals surface area contributed by atoms with Gasteiger partial charge in [0.05, 0.1) is 14.2 Å². The van der Waals surface area contributed by atoms with Crippen molar-refractivity contribution >= 4 is 20.0 Å². The van der Waals surface area contributed by atoms with Gasteiger partial charge >= 0.3 is 5.97 Å².